The number of aliphatic hydroxyl groups excluding tert-OH is 1. The number of anilines is 2. The molecule has 0 fully saturated rings. The van der Waals surface area contributed by atoms with Crippen molar-refractivity contribution >= 4 is 11.9 Å². The number of rotatable bonds is 6. The van der Waals surface area contributed by atoms with Crippen molar-refractivity contribution in [1.29, 1.82) is 0 Å². The van der Waals surface area contributed by atoms with Gasteiger partial charge in [0, 0.05) is 26.0 Å². The van der Waals surface area contributed by atoms with Crippen LogP contribution in [0.25, 0.3) is 5.95 Å². The van der Waals surface area contributed by atoms with Crippen molar-refractivity contribution in [2.24, 2.45) is 0 Å². The monoisotopic (exact) mass is 291 g/mol. The van der Waals surface area contributed by atoms with Gasteiger partial charge in [-0.15, -0.1) is 0 Å². The lowest BCUT2D eigenvalue weighted by Gasteiger charge is -2.33. The van der Waals surface area contributed by atoms with E-state index in [1.165, 1.54) is 0 Å². The number of aromatic nitrogens is 5. The molecular formula is C13H21N7O. The van der Waals surface area contributed by atoms with Gasteiger partial charge in [0.1, 0.15) is 0 Å². The van der Waals surface area contributed by atoms with Gasteiger partial charge in [-0.3, -0.25) is 0 Å². The molecule has 0 amide bonds. The van der Waals surface area contributed by atoms with Gasteiger partial charge in [-0.2, -0.15) is 20.1 Å². The van der Waals surface area contributed by atoms with E-state index in [0.29, 0.717) is 24.4 Å². The number of aliphatic hydroxyl groups is 1. The molecule has 0 aromatic carbocycles. The molecule has 0 atom stereocenters. The van der Waals surface area contributed by atoms with Crippen molar-refractivity contribution in [2.75, 3.05) is 30.4 Å². The lowest BCUT2D eigenvalue weighted by Crippen LogP contribution is -2.45. The second-order valence-electron chi connectivity index (χ2n) is 5.27. The maximum atomic E-state index is 9.51. The average molecular weight is 291 g/mol. The summed E-state index contributed by atoms with van der Waals surface area (Å²) in [7, 11) is 1.84. The maximum Gasteiger partial charge on any atom is 0.257 e. The van der Waals surface area contributed by atoms with Crippen LogP contribution in [0.4, 0.5) is 11.9 Å². The standard InChI is InChI=1S/C13H21N7O/c1-5-14-10-16-11(19(4)13(2,3)9-21)18-12(17-10)20-8-6-7-15-20/h6-8,21H,5,9H2,1-4H3,(H,14,16,17,18). The Bertz CT molecular complexity index is 582. The first-order valence-electron chi connectivity index (χ1n) is 6.82. The van der Waals surface area contributed by atoms with Gasteiger partial charge in [0.2, 0.25) is 11.9 Å². The van der Waals surface area contributed by atoms with Gasteiger partial charge >= 0.3 is 0 Å². The van der Waals surface area contributed by atoms with E-state index in [4.69, 9.17) is 0 Å². The van der Waals surface area contributed by atoms with Crippen LogP contribution in [0.3, 0.4) is 0 Å². The van der Waals surface area contributed by atoms with Crippen molar-refractivity contribution in [3.63, 3.8) is 0 Å². The summed E-state index contributed by atoms with van der Waals surface area (Å²) in [5.74, 6) is 1.39. The van der Waals surface area contributed by atoms with E-state index in [9.17, 15) is 5.11 Å². The molecule has 2 rings (SSSR count). The fourth-order valence-electron chi connectivity index (χ4n) is 1.61. The third-order valence-electron chi connectivity index (χ3n) is 3.25. The quantitative estimate of drug-likeness (QED) is 0.809. The van der Waals surface area contributed by atoms with Crippen LogP contribution >= 0.6 is 0 Å². The smallest absolute Gasteiger partial charge is 0.257 e. The van der Waals surface area contributed by atoms with Crippen LogP contribution in [-0.2, 0) is 0 Å². The highest BCUT2D eigenvalue weighted by Crippen LogP contribution is 2.19. The van der Waals surface area contributed by atoms with E-state index in [0.717, 1.165) is 0 Å². The number of hydrogen-bond acceptors (Lipinski definition) is 7. The average Bonchev–Trinajstić information content (AvgIpc) is 3.00. The fraction of sp³-hybridized carbons (Fsp3) is 0.538. The van der Waals surface area contributed by atoms with Crippen LogP contribution < -0.4 is 10.2 Å². The first kappa shape index (κ1) is 15.2. The highest BCUT2D eigenvalue weighted by Gasteiger charge is 2.26. The van der Waals surface area contributed by atoms with Crippen molar-refractivity contribution in [2.45, 2.75) is 26.3 Å². The summed E-state index contributed by atoms with van der Waals surface area (Å²) in [4.78, 5) is 15.0. The maximum absolute atomic E-state index is 9.51. The third kappa shape index (κ3) is 3.27. The zero-order chi connectivity index (χ0) is 15.5. The van der Waals surface area contributed by atoms with E-state index in [1.54, 1.807) is 23.1 Å². The molecule has 0 radical (unpaired) electrons. The number of nitrogens with zero attached hydrogens (tertiary/aromatic N) is 6. The van der Waals surface area contributed by atoms with E-state index >= 15 is 0 Å². The fourth-order valence-corrected chi connectivity index (χ4v) is 1.61. The molecule has 8 nitrogen and oxygen atoms in total. The normalized spacial score (nSPS) is 11.5. The molecular weight excluding hydrogens is 270 g/mol. The Morgan fingerprint density at radius 2 is 2.10 bits per heavy atom. The largest absolute Gasteiger partial charge is 0.394 e. The Kier molecular flexibility index (Phi) is 4.37. The van der Waals surface area contributed by atoms with Crippen LogP contribution in [0, 0.1) is 0 Å². The van der Waals surface area contributed by atoms with Gasteiger partial charge < -0.3 is 15.3 Å². The summed E-state index contributed by atoms with van der Waals surface area (Å²) < 4.78 is 1.58. The molecule has 2 heterocycles. The topological polar surface area (TPSA) is 92.0 Å². The third-order valence-corrected chi connectivity index (χ3v) is 3.25. The molecule has 0 aliphatic rings. The van der Waals surface area contributed by atoms with Gasteiger partial charge in [-0.1, -0.05) is 0 Å². The predicted molar refractivity (Wildman–Crippen MR) is 80.7 cm³/mol. The first-order valence-corrected chi connectivity index (χ1v) is 6.82. The lowest BCUT2D eigenvalue weighted by atomic mass is 10.1. The Morgan fingerprint density at radius 1 is 1.33 bits per heavy atom. The minimum Gasteiger partial charge on any atom is -0.394 e. The first-order chi connectivity index (χ1) is 9.97. The highest BCUT2D eigenvalue weighted by molar-refractivity contribution is 5.41. The zero-order valence-electron chi connectivity index (χ0n) is 12.8. The summed E-state index contributed by atoms with van der Waals surface area (Å²) in [6.45, 7) is 6.49. The SMILES string of the molecule is CCNc1nc(N(C)C(C)(C)CO)nc(-n2cccn2)n1. The van der Waals surface area contributed by atoms with Crippen molar-refractivity contribution < 1.29 is 5.11 Å². The van der Waals surface area contributed by atoms with Crippen LogP contribution in [0.1, 0.15) is 20.8 Å². The molecule has 0 spiro atoms. The Morgan fingerprint density at radius 3 is 2.67 bits per heavy atom. The Hall–Kier alpha value is -2.22. The molecule has 2 aromatic heterocycles. The summed E-state index contributed by atoms with van der Waals surface area (Å²) >= 11 is 0. The second kappa shape index (κ2) is 6.04. The lowest BCUT2D eigenvalue weighted by molar-refractivity contribution is 0.215. The van der Waals surface area contributed by atoms with E-state index in [-0.39, 0.29) is 6.61 Å². The molecule has 2 aromatic rings. The van der Waals surface area contributed by atoms with Gasteiger partial charge in [-0.05, 0) is 26.8 Å². The van der Waals surface area contributed by atoms with Crippen molar-refractivity contribution in [1.82, 2.24) is 24.7 Å². The minimum atomic E-state index is -0.480. The van der Waals surface area contributed by atoms with E-state index < -0.39 is 5.54 Å². The summed E-state index contributed by atoms with van der Waals surface area (Å²) in [5, 5.41) is 16.7. The molecule has 0 bridgehead atoms. The zero-order valence-corrected chi connectivity index (χ0v) is 12.8. The highest BCUT2D eigenvalue weighted by atomic mass is 16.3. The summed E-state index contributed by atoms with van der Waals surface area (Å²) in [5.41, 5.74) is -0.480. The summed E-state index contributed by atoms with van der Waals surface area (Å²) in [6.07, 6.45) is 3.43. The molecule has 0 unspecified atom stereocenters. The van der Waals surface area contributed by atoms with E-state index in [2.05, 4.69) is 25.4 Å². The molecule has 8 heteroatoms. The summed E-state index contributed by atoms with van der Waals surface area (Å²) in [6, 6.07) is 1.80. The predicted octanol–water partition coefficient (Wildman–Crippen LogP) is 0.696. The molecule has 0 saturated carbocycles. The van der Waals surface area contributed by atoms with Gasteiger partial charge in [0.05, 0.1) is 12.1 Å². The second-order valence-corrected chi connectivity index (χ2v) is 5.27. The van der Waals surface area contributed by atoms with Crippen LogP contribution in [-0.4, -0.2) is 55.6 Å². The molecule has 0 aliphatic heterocycles. The Balaban J connectivity index is 2.45. The van der Waals surface area contributed by atoms with E-state index in [1.807, 2.05) is 32.7 Å². The van der Waals surface area contributed by atoms with Crippen LogP contribution in [0.2, 0.25) is 0 Å². The van der Waals surface area contributed by atoms with Crippen LogP contribution in [0.5, 0.6) is 0 Å². The van der Waals surface area contributed by atoms with Gasteiger partial charge in [-0.25, -0.2) is 4.68 Å². The molecule has 2 N–H and O–H groups in total. The molecule has 114 valence electrons. The van der Waals surface area contributed by atoms with Crippen molar-refractivity contribution in [3.8, 4) is 5.95 Å². The molecule has 21 heavy (non-hydrogen) atoms. The van der Waals surface area contributed by atoms with Gasteiger partial charge in [0.15, 0.2) is 0 Å². The van der Waals surface area contributed by atoms with Crippen molar-refractivity contribution in [3.05, 3.63) is 18.5 Å². The minimum absolute atomic E-state index is 0.0111. The number of likely N-dealkylation sites (N-methyl/N-ethyl adjacent to an activating group) is 1. The molecule has 0 saturated heterocycles. The Labute approximate surface area is 123 Å². The van der Waals surface area contributed by atoms with Crippen LogP contribution in [0.15, 0.2) is 18.5 Å². The van der Waals surface area contributed by atoms with Gasteiger partial charge in [0.25, 0.3) is 5.95 Å². The number of hydrogen-bond donors (Lipinski definition) is 2. The number of nitrogens with one attached hydrogen (secondary N) is 1. The molecule has 0 aliphatic carbocycles.